The monoisotopic (exact) mass is 306 g/mol. The quantitative estimate of drug-likeness (QED) is 0.878. The van der Waals surface area contributed by atoms with Gasteiger partial charge in [0.1, 0.15) is 0 Å². The maximum absolute atomic E-state index is 4.54. The standard InChI is InChI=1S/C16H22N2S2/c1-11-6-7-14(20-15-18-12(2)10-19-15)13(8-11)9-17-16(3,4)5/h6-8,10,17H,9H2,1-5H3. The number of nitrogens with zero attached hydrogens (tertiary/aromatic N) is 1. The molecule has 0 atom stereocenters. The van der Waals surface area contributed by atoms with Crippen molar-refractivity contribution in [2.75, 3.05) is 0 Å². The summed E-state index contributed by atoms with van der Waals surface area (Å²) in [6.45, 7) is 11.7. The van der Waals surface area contributed by atoms with E-state index in [4.69, 9.17) is 0 Å². The van der Waals surface area contributed by atoms with E-state index in [-0.39, 0.29) is 5.54 Å². The van der Waals surface area contributed by atoms with Gasteiger partial charge in [0.15, 0.2) is 4.34 Å². The third-order valence-corrected chi connectivity index (χ3v) is 5.00. The minimum absolute atomic E-state index is 0.128. The van der Waals surface area contributed by atoms with Crippen LogP contribution in [0.5, 0.6) is 0 Å². The van der Waals surface area contributed by atoms with Gasteiger partial charge in [0, 0.05) is 28.1 Å². The predicted octanol–water partition coefficient (Wildman–Crippen LogP) is 4.80. The Bertz CT molecular complexity index is 582. The summed E-state index contributed by atoms with van der Waals surface area (Å²) in [4.78, 5) is 5.83. The third-order valence-electron chi connectivity index (χ3n) is 2.82. The SMILES string of the molecule is Cc1ccc(Sc2nc(C)cs2)c(CNC(C)(C)C)c1. The number of hydrogen-bond donors (Lipinski definition) is 1. The average Bonchev–Trinajstić information content (AvgIpc) is 2.74. The molecule has 20 heavy (non-hydrogen) atoms. The number of hydrogen-bond acceptors (Lipinski definition) is 4. The van der Waals surface area contributed by atoms with Gasteiger partial charge in [-0.05, 0) is 46.2 Å². The first kappa shape index (κ1) is 15.5. The van der Waals surface area contributed by atoms with E-state index in [2.05, 4.69) is 61.6 Å². The fourth-order valence-corrected chi connectivity index (χ4v) is 3.68. The van der Waals surface area contributed by atoms with Gasteiger partial charge in [0.25, 0.3) is 0 Å². The van der Waals surface area contributed by atoms with Crippen molar-refractivity contribution in [1.82, 2.24) is 10.3 Å². The summed E-state index contributed by atoms with van der Waals surface area (Å²) < 4.78 is 1.11. The Labute approximate surface area is 130 Å². The minimum Gasteiger partial charge on any atom is -0.308 e. The lowest BCUT2D eigenvalue weighted by molar-refractivity contribution is 0.422. The van der Waals surface area contributed by atoms with Crippen LogP contribution in [0.2, 0.25) is 0 Å². The van der Waals surface area contributed by atoms with Crippen molar-refractivity contribution in [1.29, 1.82) is 0 Å². The van der Waals surface area contributed by atoms with Crippen molar-refractivity contribution in [2.45, 2.75) is 55.9 Å². The van der Waals surface area contributed by atoms with E-state index in [1.165, 1.54) is 16.0 Å². The molecular formula is C16H22N2S2. The van der Waals surface area contributed by atoms with Gasteiger partial charge >= 0.3 is 0 Å². The highest BCUT2D eigenvalue weighted by Crippen LogP contribution is 2.33. The molecule has 4 heteroatoms. The number of nitrogens with one attached hydrogen (secondary N) is 1. The molecule has 0 aliphatic rings. The summed E-state index contributed by atoms with van der Waals surface area (Å²) in [5, 5.41) is 5.67. The summed E-state index contributed by atoms with van der Waals surface area (Å²) in [6.07, 6.45) is 0. The first-order valence-electron chi connectivity index (χ1n) is 6.78. The molecule has 0 saturated carbocycles. The molecule has 0 aliphatic heterocycles. The first-order chi connectivity index (χ1) is 9.33. The molecule has 0 saturated heterocycles. The first-order valence-corrected chi connectivity index (χ1v) is 8.48. The van der Waals surface area contributed by atoms with Gasteiger partial charge < -0.3 is 5.32 Å². The summed E-state index contributed by atoms with van der Waals surface area (Å²) in [5.74, 6) is 0. The smallest absolute Gasteiger partial charge is 0.154 e. The van der Waals surface area contributed by atoms with Crippen LogP contribution in [-0.4, -0.2) is 10.5 Å². The highest BCUT2D eigenvalue weighted by Gasteiger charge is 2.12. The van der Waals surface area contributed by atoms with Gasteiger partial charge in [-0.2, -0.15) is 0 Å². The predicted molar refractivity (Wildman–Crippen MR) is 88.7 cm³/mol. The van der Waals surface area contributed by atoms with E-state index in [9.17, 15) is 0 Å². The van der Waals surface area contributed by atoms with Gasteiger partial charge in [-0.1, -0.05) is 29.5 Å². The molecule has 0 amide bonds. The zero-order valence-corrected chi connectivity index (χ0v) is 14.4. The topological polar surface area (TPSA) is 24.9 Å². The molecule has 2 rings (SSSR count). The van der Waals surface area contributed by atoms with Crippen molar-refractivity contribution in [2.24, 2.45) is 0 Å². The highest BCUT2D eigenvalue weighted by atomic mass is 32.2. The number of rotatable bonds is 4. The maximum atomic E-state index is 4.54. The molecule has 0 unspecified atom stereocenters. The Morgan fingerprint density at radius 2 is 2.00 bits per heavy atom. The molecule has 1 N–H and O–H groups in total. The van der Waals surface area contributed by atoms with Gasteiger partial charge in [-0.15, -0.1) is 11.3 Å². The summed E-state index contributed by atoms with van der Waals surface area (Å²) in [6, 6.07) is 6.64. The summed E-state index contributed by atoms with van der Waals surface area (Å²) in [7, 11) is 0. The number of thiazole rings is 1. The lowest BCUT2D eigenvalue weighted by Gasteiger charge is -2.21. The molecule has 0 fully saturated rings. The van der Waals surface area contributed by atoms with Crippen LogP contribution in [0.15, 0.2) is 32.8 Å². The molecule has 0 bridgehead atoms. The van der Waals surface area contributed by atoms with E-state index in [1.54, 1.807) is 23.1 Å². The van der Waals surface area contributed by atoms with Gasteiger partial charge in [0.2, 0.25) is 0 Å². The summed E-state index contributed by atoms with van der Waals surface area (Å²) in [5.41, 5.74) is 3.87. The Kier molecular flexibility index (Phi) is 4.89. The maximum Gasteiger partial charge on any atom is 0.154 e. The third kappa shape index (κ3) is 4.62. The van der Waals surface area contributed by atoms with Crippen LogP contribution in [0, 0.1) is 13.8 Å². The van der Waals surface area contributed by atoms with Gasteiger partial charge in [0.05, 0.1) is 0 Å². The number of aromatic nitrogens is 1. The Balaban J connectivity index is 2.19. The Hall–Kier alpha value is -0.840. The van der Waals surface area contributed by atoms with E-state index in [0.717, 1.165) is 16.6 Å². The largest absolute Gasteiger partial charge is 0.308 e. The minimum atomic E-state index is 0.128. The second kappa shape index (κ2) is 6.29. The van der Waals surface area contributed by atoms with Crippen molar-refractivity contribution in [3.8, 4) is 0 Å². The second-order valence-corrected chi connectivity index (χ2v) is 8.22. The van der Waals surface area contributed by atoms with Crippen molar-refractivity contribution in [3.05, 3.63) is 40.4 Å². The molecule has 0 spiro atoms. The molecule has 2 aromatic rings. The van der Waals surface area contributed by atoms with Crippen LogP contribution in [0.4, 0.5) is 0 Å². The van der Waals surface area contributed by atoms with E-state index in [1.807, 2.05) is 6.92 Å². The number of aryl methyl sites for hydroxylation is 2. The van der Waals surface area contributed by atoms with Crippen molar-refractivity contribution < 1.29 is 0 Å². The molecule has 1 aromatic carbocycles. The average molecular weight is 307 g/mol. The lowest BCUT2D eigenvalue weighted by Crippen LogP contribution is -2.35. The van der Waals surface area contributed by atoms with Crippen LogP contribution < -0.4 is 5.32 Å². The second-order valence-electron chi connectivity index (χ2n) is 6.07. The fraction of sp³-hybridized carbons (Fsp3) is 0.438. The van der Waals surface area contributed by atoms with Gasteiger partial charge in [-0.3, -0.25) is 0 Å². The van der Waals surface area contributed by atoms with Gasteiger partial charge in [-0.25, -0.2) is 4.98 Å². The van der Waals surface area contributed by atoms with Crippen LogP contribution in [-0.2, 0) is 6.54 Å². The van der Waals surface area contributed by atoms with Crippen molar-refractivity contribution in [3.63, 3.8) is 0 Å². The molecule has 108 valence electrons. The van der Waals surface area contributed by atoms with Crippen LogP contribution in [0.3, 0.4) is 0 Å². The zero-order chi connectivity index (χ0) is 14.8. The molecule has 2 nitrogen and oxygen atoms in total. The van der Waals surface area contributed by atoms with Crippen molar-refractivity contribution >= 4 is 23.1 Å². The van der Waals surface area contributed by atoms with E-state index in [0.29, 0.717) is 0 Å². The Morgan fingerprint density at radius 1 is 1.25 bits per heavy atom. The highest BCUT2D eigenvalue weighted by molar-refractivity contribution is 8.01. The molecule has 0 radical (unpaired) electrons. The number of benzene rings is 1. The van der Waals surface area contributed by atoms with Crippen LogP contribution >= 0.6 is 23.1 Å². The molecule has 0 aliphatic carbocycles. The molecule has 1 heterocycles. The van der Waals surface area contributed by atoms with E-state index >= 15 is 0 Å². The normalized spacial score (nSPS) is 11.8. The fourth-order valence-electron chi connectivity index (χ4n) is 1.78. The van der Waals surface area contributed by atoms with Crippen LogP contribution in [0.1, 0.15) is 37.6 Å². The lowest BCUT2D eigenvalue weighted by atomic mass is 10.1. The molecule has 1 aromatic heterocycles. The zero-order valence-electron chi connectivity index (χ0n) is 12.8. The Morgan fingerprint density at radius 3 is 2.60 bits per heavy atom. The van der Waals surface area contributed by atoms with Crippen LogP contribution in [0.25, 0.3) is 0 Å². The molecular weight excluding hydrogens is 284 g/mol. The summed E-state index contributed by atoms with van der Waals surface area (Å²) >= 11 is 3.47. The van der Waals surface area contributed by atoms with E-state index < -0.39 is 0 Å².